The highest BCUT2D eigenvalue weighted by Crippen LogP contribution is 2.34. The molecule has 0 aliphatic heterocycles. The van der Waals surface area contributed by atoms with Crippen LogP contribution in [0.25, 0.3) is 0 Å². The number of sulfonamides is 1. The molecule has 2 unspecified atom stereocenters. The number of halogens is 1. The van der Waals surface area contributed by atoms with Crippen LogP contribution in [0.2, 0.25) is 5.02 Å². The van der Waals surface area contributed by atoms with Gasteiger partial charge in [-0.3, -0.25) is 4.79 Å². The van der Waals surface area contributed by atoms with Gasteiger partial charge in [0.1, 0.15) is 0 Å². The molecule has 7 heteroatoms. The fraction of sp³-hybridized carbons (Fsp3) is 0.381. The second kappa shape index (κ2) is 9.07. The van der Waals surface area contributed by atoms with E-state index in [0.29, 0.717) is 5.02 Å². The van der Waals surface area contributed by atoms with Gasteiger partial charge in [0.25, 0.3) is 0 Å². The summed E-state index contributed by atoms with van der Waals surface area (Å²) >= 11 is 5.87. The summed E-state index contributed by atoms with van der Waals surface area (Å²) in [5, 5.41) is 0.501. The number of hydrogen-bond acceptors (Lipinski definition) is 4. The van der Waals surface area contributed by atoms with E-state index in [1.807, 2.05) is 24.3 Å². The van der Waals surface area contributed by atoms with Crippen LogP contribution in [0.5, 0.6) is 0 Å². The topological polar surface area (TPSA) is 72.5 Å². The number of carbonyl (C=O) groups excluding carboxylic acids is 1. The maximum absolute atomic E-state index is 12.8. The second-order valence-corrected chi connectivity index (χ2v) is 9.22. The van der Waals surface area contributed by atoms with Crippen molar-refractivity contribution in [3.05, 3.63) is 64.7 Å². The Bertz CT molecular complexity index is 910. The summed E-state index contributed by atoms with van der Waals surface area (Å²) in [6, 6.07) is 13.8. The van der Waals surface area contributed by atoms with E-state index in [0.717, 1.165) is 36.8 Å². The van der Waals surface area contributed by atoms with E-state index in [4.69, 9.17) is 16.3 Å². The normalized spacial score (nSPS) is 19.9. The third-order valence-electron chi connectivity index (χ3n) is 5.18. The lowest BCUT2D eigenvalue weighted by atomic mass is 9.80. The van der Waals surface area contributed by atoms with Crippen molar-refractivity contribution in [2.75, 3.05) is 7.11 Å². The monoisotopic (exact) mass is 421 g/mol. The van der Waals surface area contributed by atoms with Gasteiger partial charge in [0.15, 0.2) is 0 Å². The number of hydrogen-bond donors (Lipinski definition) is 1. The van der Waals surface area contributed by atoms with E-state index >= 15 is 0 Å². The summed E-state index contributed by atoms with van der Waals surface area (Å²) in [4.78, 5) is 11.6. The fourth-order valence-corrected chi connectivity index (χ4v) is 5.11. The molecule has 0 spiro atoms. The first-order chi connectivity index (χ1) is 13.4. The molecule has 0 aromatic heterocycles. The molecule has 0 saturated heterocycles. The lowest BCUT2D eigenvalue weighted by Crippen LogP contribution is -2.40. The number of rotatable bonds is 6. The molecule has 1 fully saturated rings. The highest BCUT2D eigenvalue weighted by molar-refractivity contribution is 7.89. The Hall–Kier alpha value is -1.89. The zero-order chi connectivity index (χ0) is 20.1. The first-order valence-electron chi connectivity index (χ1n) is 9.32. The van der Waals surface area contributed by atoms with Crippen LogP contribution in [0, 0.1) is 0 Å². The summed E-state index contributed by atoms with van der Waals surface area (Å²) in [6.45, 7) is 0. The van der Waals surface area contributed by atoms with Gasteiger partial charge in [-0.25, -0.2) is 13.1 Å². The Morgan fingerprint density at radius 2 is 1.71 bits per heavy atom. The number of methoxy groups -OCH3 is 1. The minimum absolute atomic E-state index is 0.100. The third kappa shape index (κ3) is 5.13. The van der Waals surface area contributed by atoms with Crippen molar-refractivity contribution in [1.29, 1.82) is 0 Å². The van der Waals surface area contributed by atoms with Crippen LogP contribution in [-0.2, 0) is 26.0 Å². The fourth-order valence-electron chi connectivity index (χ4n) is 3.67. The lowest BCUT2D eigenvalue weighted by Gasteiger charge is -2.32. The first-order valence-corrected chi connectivity index (χ1v) is 11.2. The smallest absolute Gasteiger partial charge is 0.309 e. The van der Waals surface area contributed by atoms with Crippen molar-refractivity contribution >= 4 is 27.6 Å². The van der Waals surface area contributed by atoms with E-state index in [2.05, 4.69) is 4.72 Å². The van der Waals surface area contributed by atoms with Crippen molar-refractivity contribution in [2.24, 2.45) is 0 Å². The van der Waals surface area contributed by atoms with Crippen LogP contribution in [0.4, 0.5) is 0 Å². The zero-order valence-corrected chi connectivity index (χ0v) is 17.3. The SMILES string of the molecule is COC(=O)Cc1ccc(C2CCCCC2NS(=O)(=O)c2ccc(Cl)cc2)cc1. The molecule has 1 N–H and O–H groups in total. The van der Waals surface area contributed by atoms with E-state index in [1.165, 1.54) is 19.2 Å². The maximum Gasteiger partial charge on any atom is 0.309 e. The van der Waals surface area contributed by atoms with Crippen molar-refractivity contribution in [2.45, 2.75) is 49.0 Å². The van der Waals surface area contributed by atoms with Crippen molar-refractivity contribution < 1.29 is 17.9 Å². The van der Waals surface area contributed by atoms with Gasteiger partial charge in [-0.2, -0.15) is 0 Å². The van der Waals surface area contributed by atoms with Gasteiger partial charge in [0, 0.05) is 17.0 Å². The Balaban J connectivity index is 1.77. The second-order valence-electron chi connectivity index (χ2n) is 7.07. The van der Waals surface area contributed by atoms with Gasteiger partial charge >= 0.3 is 5.97 Å². The molecule has 0 amide bonds. The van der Waals surface area contributed by atoms with Gasteiger partial charge in [-0.1, -0.05) is 48.7 Å². The average molecular weight is 422 g/mol. The zero-order valence-electron chi connectivity index (χ0n) is 15.7. The Morgan fingerprint density at radius 1 is 1.07 bits per heavy atom. The molecule has 2 aromatic carbocycles. The highest BCUT2D eigenvalue weighted by Gasteiger charge is 2.30. The minimum Gasteiger partial charge on any atom is -0.469 e. The summed E-state index contributed by atoms with van der Waals surface area (Å²) in [7, 11) is -2.24. The quantitative estimate of drug-likeness (QED) is 0.714. The van der Waals surface area contributed by atoms with Crippen molar-refractivity contribution in [3.63, 3.8) is 0 Å². The first kappa shape index (κ1) is 20.8. The van der Waals surface area contributed by atoms with Crippen LogP contribution in [0.15, 0.2) is 53.4 Å². The Labute approximate surface area is 171 Å². The molecular weight excluding hydrogens is 398 g/mol. The molecule has 2 aromatic rings. The molecule has 3 rings (SSSR count). The summed E-state index contributed by atoms with van der Waals surface area (Å²) in [6.07, 6.45) is 4.00. The van der Waals surface area contributed by atoms with Gasteiger partial charge in [-0.05, 0) is 48.2 Å². The highest BCUT2D eigenvalue weighted by atomic mass is 35.5. The number of nitrogens with one attached hydrogen (secondary N) is 1. The lowest BCUT2D eigenvalue weighted by molar-refractivity contribution is -0.139. The van der Waals surface area contributed by atoms with Crippen LogP contribution >= 0.6 is 11.6 Å². The van der Waals surface area contributed by atoms with E-state index in [1.54, 1.807) is 12.1 Å². The number of carbonyl (C=O) groups is 1. The van der Waals surface area contributed by atoms with Gasteiger partial charge < -0.3 is 4.74 Å². The predicted octanol–water partition coefficient (Wildman–Crippen LogP) is 4.06. The molecule has 2 atom stereocenters. The molecule has 28 heavy (non-hydrogen) atoms. The molecule has 0 radical (unpaired) electrons. The van der Waals surface area contributed by atoms with Crippen molar-refractivity contribution in [3.8, 4) is 0 Å². The average Bonchev–Trinajstić information content (AvgIpc) is 2.69. The number of benzene rings is 2. The standard InChI is InChI=1S/C21H24ClNO4S/c1-27-21(24)14-15-6-8-16(9-7-15)19-4-2-3-5-20(19)23-28(25,26)18-12-10-17(22)11-13-18/h6-13,19-20,23H,2-5,14H2,1H3. The Kier molecular flexibility index (Phi) is 6.75. The summed E-state index contributed by atoms with van der Waals surface area (Å²) in [5.41, 5.74) is 1.96. The van der Waals surface area contributed by atoms with E-state index in [9.17, 15) is 13.2 Å². The molecule has 5 nitrogen and oxygen atoms in total. The molecule has 1 saturated carbocycles. The third-order valence-corrected chi connectivity index (χ3v) is 6.94. The molecule has 1 aliphatic carbocycles. The van der Waals surface area contributed by atoms with Crippen LogP contribution in [-0.4, -0.2) is 27.5 Å². The van der Waals surface area contributed by atoms with Crippen molar-refractivity contribution in [1.82, 2.24) is 4.72 Å². The molecule has 0 heterocycles. The van der Waals surface area contributed by atoms with Crippen LogP contribution in [0.3, 0.4) is 0 Å². The van der Waals surface area contributed by atoms with E-state index < -0.39 is 10.0 Å². The van der Waals surface area contributed by atoms with Gasteiger partial charge in [0.2, 0.25) is 10.0 Å². The maximum atomic E-state index is 12.8. The molecule has 0 bridgehead atoms. The largest absolute Gasteiger partial charge is 0.469 e. The molecular formula is C21H24ClNO4S. The summed E-state index contributed by atoms with van der Waals surface area (Å²) in [5.74, 6) is -0.179. The molecule has 150 valence electrons. The summed E-state index contributed by atoms with van der Waals surface area (Å²) < 4.78 is 33.2. The molecule has 1 aliphatic rings. The predicted molar refractivity (Wildman–Crippen MR) is 109 cm³/mol. The van der Waals surface area contributed by atoms with Crippen LogP contribution < -0.4 is 4.72 Å². The number of ether oxygens (including phenoxy) is 1. The Morgan fingerprint density at radius 3 is 2.36 bits per heavy atom. The van der Waals surface area contributed by atoms with Gasteiger partial charge in [0.05, 0.1) is 18.4 Å². The van der Waals surface area contributed by atoms with Crippen LogP contribution in [0.1, 0.15) is 42.7 Å². The minimum atomic E-state index is -3.61. The van der Waals surface area contributed by atoms with Gasteiger partial charge in [-0.15, -0.1) is 0 Å². The van der Waals surface area contributed by atoms with E-state index in [-0.39, 0.29) is 29.2 Å². The number of esters is 1.